The van der Waals surface area contributed by atoms with Crippen molar-refractivity contribution in [2.75, 3.05) is 11.4 Å². The van der Waals surface area contributed by atoms with Gasteiger partial charge in [-0.1, -0.05) is 51.1 Å². The van der Waals surface area contributed by atoms with Gasteiger partial charge in [-0.3, -0.25) is 4.57 Å². The highest BCUT2D eigenvalue weighted by atomic mass is 16.1. The molecule has 1 aliphatic rings. The smallest absolute Gasteiger partial charge is 0.327 e. The zero-order chi connectivity index (χ0) is 17.5. The number of hydrogen-bond acceptors (Lipinski definition) is 3. The molecule has 0 aliphatic carbocycles. The summed E-state index contributed by atoms with van der Waals surface area (Å²) in [5.41, 5.74) is 9.00. The predicted molar refractivity (Wildman–Crippen MR) is 98.9 cm³/mol. The number of nitrogens with zero attached hydrogens (tertiary/aromatic N) is 2. The Hall–Kier alpha value is -2.27. The number of imidazole rings is 1. The van der Waals surface area contributed by atoms with Gasteiger partial charge >= 0.3 is 5.69 Å². The second kappa shape index (κ2) is 5.98. The van der Waals surface area contributed by atoms with Crippen molar-refractivity contribution in [3.05, 3.63) is 57.6 Å². The standard InChI is InChI=1S/C19H26N4O/c1-19(2,3)12-23-16(14-7-5-6-13(10-14)11-20)9-8-15-17(23)22(4)18(24)21-15/h5-10,16H,11-12,20H2,1-4H3,(H,21,24). The maximum absolute atomic E-state index is 12.1. The molecule has 1 aliphatic heterocycles. The van der Waals surface area contributed by atoms with E-state index in [4.69, 9.17) is 5.73 Å². The van der Waals surface area contributed by atoms with Crippen molar-refractivity contribution < 1.29 is 0 Å². The van der Waals surface area contributed by atoms with Gasteiger partial charge in [-0.25, -0.2) is 4.79 Å². The first-order valence-corrected chi connectivity index (χ1v) is 8.33. The predicted octanol–water partition coefficient (Wildman–Crippen LogP) is 2.79. The highest BCUT2D eigenvalue weighted by molar-refractivity contribution is 5.68. The molecule has 0 saturated heterocycles. The lowest BCUT2D eigenvalue weighted by atomic mass is 9.92. The van der Waals surface area contributed by atoms with Gasteiger partial charge in [0.05, 0.1) is 11.7 Å². The Morgan fingerprint density at radius 2 is 2.04 bits per heavy atom. The van der Waals surface area contributed by atoms with Gasteiger partial charge in [0.15, 0.2) is 0 Å². The van der Waals surface area contributed by atoms with Crippen LogP contribution in [0.15, 0.2) is 35.1 Å². The fraction of sp³-hybridized carbons (Fsp3) is 0.421. The van der Waals surface area contributed by atoms with E-state index in [2.05, 4.69) is 48.9 Å². The van der Waals surface area contributed by atoms with E-state index in [-0.39, 0.29) is 17.1 Å². The van der Waals surface area contributed by atoms with Gasteiger partial charge < -0.3 is 15.6 Å². The molecule has 2 heterocycles. The van der Waals surface area contributed by atoms with Gasteiger partial charge in [0.25, 0.3) is 0 Å². The molecule has 3 rings (SSSR count). The summed E-state index contributed by atoms with van der Waals surface area (Å²) >= 11 is 0. The average Bonchev–Trinajstić information content (AvgIpc) is 2.81. The van der Waals surface area contributed by atoms with Crippen molar-refractivity contribution in [2.45, 2.75) is 33.4 Å². The number of rotatable bonds is 3. The van der Waals surface area contributed by atoms with Crippen molar-refractivity contribution in [1.29, 1.82) is 0 Å². The van der Waals surface area contributed by atoms with Crippen LogP contribution in [0.1, 0.15) is 43.6 Å². The molecule has 5 heteroatoms. The normalized spacial score (nSPS) is 17.2. The minimum absolute atomic E-state index is 0.0834. The summed E-state index contributed by atoms with van der Waals surface area (Å²) in [6.45, 7) is 8.00. The summed E-state index contributed by atoms with van der Waals surface area (Å²) in [7, 11) is 1.82. The third-order valence-electron chi connectivity index (χ3n) is 4.33. The summed E-state index contributed by atoms with van der Waals surface area (Å²) < 4.78 is 1.70. The van der Waals surface area contributed by atoms with Crippen LogP contribution in [0.2, 0.25) is 0 Å². The maximum Gasteiger partial charge on any atom is 0.327 e. The Morgan fingerprint density at radius 3 is 2.71 bits per heavy atom. The molecule has 0 amide bonds. The Balaban J connectivity index is 2.11. The fourth-order valence-corrected chi connectivity index (χ4v) is 3.30. The van der Waals surface area contributed by atoms with E-state index in [1.807, 2.05) is 25.3 Å². The number of H-pyrrole nitrogens is 1. The first kappa shape index (κ1) is 16.6. The van der Waals surface area contributed by atoms with Crippen molar-refractivity contribution in [3.63, 3.8) is 0 Å². The number of anilines is 1. The molecule has 1 aromatic heterocycles. The third-order valence-corrected chi connectivity index (χ3v) is 4.33. The molecule has 3 N–H and O–H groups in total. The molecule has 0 radical (unpaired) electrons. The molecule has 0 saturated carbocycles. The average molecular weight is 326 g/mol. The Morgan fingerprint density at radius 1 is 1.29 bits per heavy atom. The molecule has 5 nitrogen and oxygen atoms in total. The zero-order valence-electron chi connectivity index (χ0n) is 14.8. The van der Waals surface area contributed by atoms with Gasteiger partial charge in [-0.15, -0.1) is 0 Å². The molecule has 24 heavy (non-hydrogen) atoms. The van der Waals surface area contributed by atoms with Gasteiger partial charge in [0.1, 0.15) is 5.82 Å². The van der Waals surface area contributed by atoms with Gasteiger partial charge in [-0.2, -0.15) is 0 Å². The summed E-state index contributed by atoms with van der Waals surface area (Å²) in [5, 5.41) is 0. The zero-order valence-corrected chi connectivity index (χ0v) is 14.8. The van der Waals surface area contributed by atoms with Crippen LogP contribution < -0.4 is 16.3 Å². The Labute approximate surface area is 142 Å². The number of hydrogen-bond donors (Lipinski definition) is 2. The molecule has 2 aromatic rings. The lowest BCUT2D eigenvalue weighted by Gasteiger charge is -2.39. The largest absolute Gasteiger partial charge is 0.345 e. The Bertz CT molecular complexity index is 823. The summed E-state index contributed by atoms with van der Waals surface area (Å²) in [6.07, 6.45) is 4.16. The van der Waals surface area contributed by atoms with Crippen LogP contribution in [0.25, 0.3) is 6.08 Å². The second-order valence-corrected chi connectivity index (χ2v) is 7.67. The van der Waals surface area contributed by atoms with Crippen LogP contribution in [0.3, 0.4) is 0 Å². The summed E-state index contributed by atoms with van der Waals surface area (Å²) in [4.78, 5) is 17.3. The van der Waals surface area contributed by atoms with Crippen LogP contribution in [0, 0.1) is 5.41 Å². The summed E-state index contributed by atoms with van der Waals surface area (Å²) in [5.74, 6) is 0.945. The lowest BCUT2D eigenvalue weighted by molar-refractivity contribution is 0.397. The van der Waals surface area contributed by atoms with Gasteiger partial charge in [-0.05, 0) is 22.6 Å². The molecular formula is C19H26N4O. The van der Waals surface area contributed by atoms with E-state index >= 15 is 0 Å². The van der Waals surface area contributed by atoms with E-state index in [0.29, 0.717) is 6.54 Å². The Kier molecular flexibility index (Phi) is 4.13. The van der Waals surface area contributed by atoms with Gasteiger partial charge in [0.2, 0.25) is 0 Å². The number of nitrogens with two attached hydrogens (primary N) is 1. The van der Waals surface area contributed by atoms with Crippen molar-refractivity contribution in [1.82, 2.24) is 9.55 Å². The van der Waals surface area contributed by atoms with Crippen LogP contribution in [-0.4, -0.2) is 16.1 Å². The SMILES string of the molecule is Cn1c2c([nH]c1=O)C=CC(c1cccc(CN)c1)N2CC(C)(C)C. The van der Waals surface area contributed by atoms with Crippen molar-refractivity contribution in [2.24, 2.45) is 18.2 Å². The van der Waals surface area contributed by atoms with Gasteiger partial charge in [0, 0.05) is 20.1 Å². The molecule has 1 atom stereocenters. The number of fused-ring (bicyclic) bond motifs is 1. The van der Waals surface area contributed by atoms with E-state index in [1.165, 1.54) is 5.56 Å². The van der Waals surface area contributed by atoms with Crippen LogP contribution in [0.5, 0.6) is 0 Å². The fourth-order valence-electron chi connectivity index (χ4n) is 3.30. The highest BCUT2D eigenvalue weighted by Gasteiger charge is 2.30. The summed E-state index contributed by atoms with van der Waals surface area (Å²) in [6, 6.07) is 8.46. The first-order chi connectivity index (χ1) is 11.3. The number of aromatic amines is 1. The molecule has 0 bridgehead atoms. The van der Waals surface area contributed by atoms with E-state index in [0.717, 1.165) is 23.6 Å². The lowest BCUT2D eigenvalue weighted by Crippen LogP contribution is -2.38. The first-order valence-electron chi connectivity index (χ1n) is 8.33. The molecule has 0 spiro atoms. The van der Waals surface area contributed by atoms with Crippen LogP contribution in [-0.2, 0) is 13.6 Å². The van der Waals surface area contributed by atoms with E-state index in [9.17, 15) is 4.79 Å². The highest BCUT2D eigenvalue weighted by Crippen LogP contribution is 2.37. The molecule has 1 unspecified atom stereocenters. The van der Waals surface area contributed by atoms with Crippen LogP contribution >= 0.6 is 0 Å². The molecule has 128 valence electrons. The molecular weight excluding hydrogens is 300 g/mol. The second-order valence-electron chi connectivity index (χ2n) is 7.67. The maximum atomic E-state index is 12.1. The topological polar surface area (TPSA) is 67.0 Å². The van der Waals surface area contributed by atoms with Crippen molar-refractivity contribution >= 4 is 11.9 Å². The number of benzene rings is 1. The third kappa shape index (κ3) is 3.04. The van der Waals surface area contributed by atoms with E-state index in [1.54, 1.807) is 4.57 Å². The minimum atomic E-state index is -0.0834. The molecule has 1 aromatic carbocycles. The minimum Gasteiger partial charge on any atom is -0.345 e. The number of nitrogens with one attached hydrogen (secondary N) is 1. The monoisotopic (exact) mass is 326 g/mol. The molecule has 0 fully saturated rings. The quantitative estimate of drug-likeness (QED) is 0.911. The number of aromatic nitrogens is 2. The van der Waals surface area contributed by atoms with Crippen molar-refractivity contribution in [3.8, 4) is 0 Å². The van der Waals surface area contributed by atoms with E-state index < -0.39 is 0 Å². The van der Waals surface area contributed by atoms with Crippen LogP contribution in [0.4, 0.5) is 5.82 Å².